The van der Waals surface area contributed by atoms with Gasteiger partial charge in [-0.3, -0.25) is 9.69 Å². The Labute approximate surface area is 189 Å². The first kappa shape index (κ1) is 23.8. The highest BCUT2D eigenvalue weighted by Crippen LogP contribution is 2.23. The van der Waals surface area contributed by atoms with Crippen LogP contribution in [0.25, 0.3) is 0 Å². The van der Waals surface area contributed by atoms with Gasteiger partial charge in [0.15, 0.2) is 0 Å². The average molecular weight is 441 g/mol. The van der Waals surface area contributed by atoms with Crippen LogP contribution in [-0.4, -0.2) is 65.4 Å². The summed E-state index contributed by atoms with van der Waals surface area (Å²) < 4.78 is 11.1. The molecule has 0 spiro atoms. The molecule has 3 rings (SSSR count). The summed E-state index contributed by atoms with van der Waals surface area (Å²) >= 11 is 0. The van der Waals surface area contributed by atoms with Gasteiger partial charge in [0.05, 0.1) is 38.3 Å². The first-order chi connectivity index (χ1) is 15.5. The number of nitrogens with zero attached hydrogens (tertiary/aromatic N) is 2. The van der Waals surface area contributed by atoms with Crippen LogP contribution in [0, 0.1) is 0 Å². The Morgan fingerprint density at radius 3 is 2.34 bits per heavy atom. The molecule has 32 heavy (non-hydrogen) atoms. The van der Waals surface area contributed by atoms with E-state index < -0.39 is 6.09 Å². The molecule has 2 aromatic rings. The number of esters is 1. The lowest BCUT2D eigenvalue weighted by Crippen LogP contribution is -2.43. The molecule has 0 bridgehead atoms. The lowest BCUT2D eigenvalue weighted by Gasteiger charge is -2.29. The zero-order valence-electron chi connectivity index (χ0n) is 18.6. The van der Waals surface area contributed by atoms with Crippen molar-refractivity contribution in [3.63, 3.8) is 0 Å². The molecule has 1 N–H and O–H groups in total. The summed E-state index contributed by atoms with van der Waals surface area (Å²) in [5.74, 6) is -0.240. The number of ether oxygens (including phenoxy) is 2. The molecule has 172 valence electrons. The summed E-state index contributed by atoms with van der Waals surface area (Å²) in [6.07, 6.45) is -0.191. The molecule has 1 aliphatic rings. The summed E-state index contributed by atoms with van der Waals surface area (Å²) in [5, 5.41) is 9.76. The molecule has 1 saturated heterocycles. The third kappa shape index (κ3) is 7.35. The van der Waals surface area contributed by atoms with Gasteiger partial charge in [-0.25, -0.2) is 4.79 Å². The second-order valence-electron chi connectivity index (χ2n) is 8.02. The normalized spacial score (nSPS) is 18.1. The summed E-state index contributed by atoms with van der Waals surface area (Å²) in [5.41, 5.74) is 2.19. The fourth-order valence-corrected chi connectivity index (χ4v) is 4.05. The molecule has 0 saturated carbocycles. The minimum Gasteiger partial charge on any atom is -0.466 e. The highest BCUT2D eigenvalue weighted by molar-refractivity contribution is 5.69. The quantitative estimate of drug-likeness (QED) is 0.536. The highest BCUT2D eigenvalue weighted by atomic mass is 16.5. The first-order valence-corrected chi connectivity index (χ1v) is 11.1. The molecular formula is C25H32N2O5. The van der Waals surface area contributed by atoms with E-state index in [2.05, 4.69) is 4.90 Å². The van der Waals surface area contributed by atoms with Gasteiger partial charge in [0.1, 0.15) is 0 Å². The van der Waals surface area contributed by atoms with Gasteiger partial charge in [-0.2, -0.15) is 0 Å². The molecule has 7 heteroatoms. The van der Waals surface area contributed by atoms with Crippen LogP contribution in [0.1, 0.15) is 30.9 Å². The number of carbonyl (C=O) groups excluding carboxylic acids is 1. The van der Waals surface area contributed by atoms with Crippen LogP contribution >= 0.6 is 0 Å². The van der Waals surface area contributed by atoms with Crippen molar-refractivity contribution >= 4 is 12.1 Å². The fraction of sp³-hybridized carbons (Fsp3) is 0.440. The van der Waals surface area contributed by atoms with E-state index in [9.17, 15) is 14.7 Å². The largest absolute Gasteiger partial charge is 0.466 e. The van der Waals surface area contributed by atoms with Crippen LogP contribution in [0.3, 0.4) is 0 Å². The van der Waals surface area contributed by atoms with Crippen molar-refractivity contribution in [2.75, 3.05) is 26.2 Å². The van der Waals surface area contributed by atoms with Crippen LogP contribution in [0.2, 0.25) is 0 Å². The molecule has 2 atom stereocenters. The van der Waals surface area contributed by atoms with E-state index in [4.69, 9.17) is 9.47 Å². The van der Waals surface area contributed by atoms with Crippen molar-refractivity contribution in [3.05, 3.63) is 71.8 Å². The van der Waals surface area contributed by atoms with E-state index in [0.29, 0.717) is 45.8 Å². The minimum atomic E-state index is -0.939. The van der Waals surface area contributed by atoms with E-state index in [-0.39, 0.29) is 24.5 Å². The van der Waals surface area contributed by atoms with Crippen LogP contribution in [0.4, 0.5) is 4.79 Å². The number of hydrogen-bond donors (Lipinski definition) is 1. The number of rotatable bonds is 11. The molecule has 1 fully saturated rings. The van der Waals surface area contributed by atoms with E-state index >= 15 is 0 Å². The molecule has 2 aromatic carbocycles. The Bertz CT molecular complexity index is 846. The van der Waals surface area contributed by atoms with Crippen molar-refractivity contribution in [1.29, 1.82) is 0 Å². The molecule has 0 aromatic heterocycles. The van der Waals surface area contributed by atoms with Gasteiger partial charge >= 0.3 is 12.1 Å². The Morgan fingerprint density at radius 2 is 1.72 bits per heavy atom. The van der Waals surface area contributed by atoms with Crippen molar-refractivity contribution in [2.45, 2.75) is 45.1 Å². The van der Waals surface area contributed by atoms with Crippen molar-refractivity contribution in [1.82, 2.24) is 9.80 Å². The predicted octanol–water partition coefficient (Wildman–Crippen LogP) is 3.78. The van der Waals surface area contributed by atoms with E-state index in [0.717, 1.165) is 11.1 Å². The van der Waals surface area contributed by atoms with Gasteiger partial charge < -0.3 is 19.5 Å². The van der Waals surface area contributed by atoms with Crippen molar-refractivity contribution in [3.8, 4) is 0 Å². The van der Waals surface area contributed by atoms with Gasteiger partial charge in [0, 0.05) is 19.6 Å². The number of carbonyl (C=O) groups is 2. The standard InChI is InChI=1S/C25H32N2O5/c1-2-31-24(28)13-14-26(16-20-9-5-3-6-10-20)17-22-15-23(18-27(22)25(29)30)32-19-21-11-7-4-8-12-21/h3-12,22-23H,2,13-19H2,1H3,(H,29,30)/t22-,23+/m0/s1. The van der Waals surface area contributed by atoms with Crippen LogP contribution < -0.4 is 0 Å². The van der Waals surface area contributed by atoms with E-state index in [1.165, 1.54) is 4.90 Å². The van der Waals surface area contributed by atoms with Crippen LogP contribution in [-0.2, 0) is 27.4 Å². The number of carboxylic acid groups (broad SMARTS) is 1. The second-order valence-corrected chi connectivity index (χ2v) is 8.02. The maximum absolute atomic E-state index is 11.9. The molecule has 1 heterocycles. The Morgan fingerprint density at radius 1 is 1.06 bits per heavy atom. The Kier molecular flexibility index (Phi) is 9.07. The third-order valence-corrected chi connectivity index (χ3v) is 5.61. The fourth-order valence-electron chi connectivity index (χ4n) is 4.05. The van der Waals surface area contributed by atoms with Gasteiger partial charge in [0.25, 0.3) is 0 Å². The van der Waals surface area contributed by atoms with Crippen LogP contribution in [0.15, 0.2) is 60.7 Å². The molecule has 7 nitrogen and oxygen atoms in total. The average Bonchev–Trinajstić information content (AvgIpc) is 3.21. The predicted molar refractivity (Wildman–Crippen MR) is 121 cm³/mol. The maximum atomic E-state index is 11.9. The van der Waals surface area contributed by atoms with Gasteiger partial charge in [-0.05, 0) is 24.5 Å². The first-order valence-electron chi connectivity index (χ1n) is 11.1. The zero-order chi connectivity index (χ0) is 22.8. The number of hydrogen-bond acceptors (Lipinski definition) is 5. The molecule has 0 unspecified atom stereocenters. The zero-order valence-corrected chi connectivity index (χ0v) is 18.6. The third-order valence-electron chi connectivity index (χ3n) is 5.61. The van der Waals surface area contributed by atoms with Gasteiger partial charge in [0.2, 0.25) is 0 Å². The van der Waals surface area contributed by atoms with Crippen molar-refractivity contribution < 1.29 is 24.2 Å². The molecule has 1 aliphatic heterocycles. The number of likely N-dealkylation sites (tertiary alicyclic amines) is 1. The van der Waals surface area contributed by atoms with Gasteiger partial charge in [-0.1, -0.05) is 60.7 Å². The lowest BCUT2D eigenvalue weighted by atomic mass is 10.1. The Balaban J connectivity index is 1.63. The monoisotopic (exact) mass is 440 g/mol. The SMILES string of the molecule is CCOC(=O)CCN(Cc1ccccc1)C[C@@H]1C[C@@H](OCc2ccccc2)CN1C(=O)O. The second kappa shape index (κ2) is 12.2. The highest BCUT2D eigenvalue weighted by Gasteiger charge is 2.36. The topological polar surface area (TPSA) is 79.3 Å². The molecule has 1 amide bonds. The summed E-state index contributed by atoms with van der Waals surface area (Å²) in [7, 11) is 0. The van der Waals surface area contributed by atoms with Crippen molar-refractivity contribution in [2.24, 2.45) is 0 Å². The summed E-state index contributed by atoms with van der Waals surface area (Å²) in [6, 6.07) is 19.7. The van der Waals surface area contributed by atoms with Crippen LogP contribution in [0.5, 0.6) is 0 Å². The molecule has 0 aliphatic carbocycles. The summed E-state index contributed by atoms with van der Waals surface area (Å²) in [4.78, 5) is 27.4. The van der Waals surface area contributed by atoms with E-state index in [1.54, 1.807) is 6.92 Å². The summed E-state index contributed by atoms with van der Waals surface area (Å²) in [6.45, 7) is 4.64. The van der Waals surface area contributed by atoms with E-state index in [1.807, 2.05) is 60.7 Å². The Hall–Kier alpha value is -2.90. The minimum absolute atomic E-state index is 0.153. The lowest BCUT2D eigenvalue weighted by molar-refractivity contribution is -0.143. The number of benzene rings is 2. The smallest absolute Gasteiger partial charge is 0.407 e. The maximum Gasteiger partial charge on any atom is 0.407 e. The molecular weight excluding hydrogens is 408 g/mol. The molecule has 0 radical (unpaired) electrons. The van der Waals surface area contributed by atoms with Gasteiger partial charge in [-0.15, -0.1) is 0 Å². The number of amides is 1.